The van der Waals surface area contributed by atoms with Gasteiger partial charge >= 0.3 is 0 Å². The van der Waals surface area contributed by atoms with Gasteiger partial charge in [-0.3, -0.25) is 9.78 Å². The van der Waals surface area contributed by atoms with Crippen molar-refractivity contribution in [1.82, 2.24) is 15.6 Å². The smallest absolute Gasteiger partial charge is 0.251 e. The van der Waals surface area contributed by atoms with Gasteiger partial charge in [-0.2, -0.15) is 0 Å². The maximum absolute atomic E-state index is 11.9. The van der Waals surface area contributed by atoms with Gasteiger partial charge in [0.25, 0.3) is 5.91 Å². The average Bonchev–Trinajstić information content (AvgIpc) is 2.33. The van der Waals surface area contributed by atoms with Crippen molar-refractivity contribution in [1.29, 1.82) is 0 Å². The van der Waals surface area contributed by atoms with Crippen molar-refractivity contribution in [3.63, 3.8) is 0 Å². The average molecular weight is 219 g/mol. The third kappa shape index (κ3) is 2.58. The van der Waals surface area contributed by atoms with Crippen molar-refractivity contribution in [2.45, 2.75) is 19.4 Å². The lowest BCUT2D eigenvalue weighted by Crippen LogP contribution is -2.48. The zero-order chi connectivity index (χ0) is 11.4. The number of piperidine rings is 1. The number of nitrogens with one attached hydrogen (secondary N) is 2. The van der Waals surface area contributed by atoms with Crippen LogP contribution in [-0.2, 0) is 0 Å². The minimum Gasteiger partial charge on any atom is -0.349 e. The SMILES string of the molecule is CC1CNCCC1NC(=O)c1ccncc1. The van der Waals surface area contributed by atoms with E-state index in [1.54, 1.807) is 24.5 Å². The molecule has 86 valence electrons. The molecule has 2 rings (SSSR count). The van der Waals surface area contributed by atoms with Crippen LogP contribution in [0.5, 0.6) is 0 Å². The maximum atomic E-state index is 11.9. The van der Waals surface area contributed by atoms with Gasteiger partial charge in [-0.15, -0.1) is 0 Å². The first-order chi connectivity index (χ1) is 7.77. The Hall–Kier alpha value is -1.42. The fraction of sp³-hybridized carbons (Fsp3) is 0.500. The quantitative estimate of drug-likeness (QED) is 0.774. The zero-order valence-electron chi connectivity index (χ0n) is 9.44. The molecule has 0 aromatic carbocycles. The van der Waals surface area contributed by atoms with Crippen molar-refractivity contribution in [2.24, 2.45) is 5.92 Å². The van der Waals surface area contributed by atoms with Crippen molar-refractivity contribution in [3.05, 3.63) is 30.1 Å². The Labute approximate surface area is 95.5 Å². The van der Waals surface area contributed by atoms with E-state index in [0.29, 0.717) is 11.5 Å². The van der Waals surface area contributed by atoms with Crippen LogP contribution in [0, 0.1) is 5.92 Å². The number of aromatic nitrogens is 1. The highest BCUT2D eigenvalue weighted by molar-refractivity contribution is 5.94. The molecule has 1 aromatic rings. The standard InChI is InChI=1S/C12H17N3O/c1-9-8-14-7-4-11(9)15-12(16)10-2-5-13-6-3-10/h2-3,5-6,9,11,14H,4,7-8H2,1H3,(H,15,16). The number of pyridine rings is 1. The molecule has 4 heteroatoms. The summed E-state index contributed by atoms with van der Waals surface area (Å²) < 4.78 is 0. The van der Waals surface area contributed by atoms with Gasteiger partial charge in [0, 0.05) is 24.0 Å². The molecule has 1 aliphatic rings. The molecule has 1 fully saturated rings. The minimum atomic E-state index is 0.00106. The lowest BCUT2D eigenvalue weighted by atomic mass is 9.95. The van der Waals surface area contributed by atoms with Crippen molar-refractivity contribution in [3.8, 4) is 0 Å². The first-order valence-electron chi connectivity index (χ1n) is 5.69. The predicted molar refractivity (Wildman–Crippen MR) is 62.1 cm³/mol. The second kappa shape index (κ2) is 5.07. The molecular formula is C12H17N3O. The molecule has 1 aromatic heterocycles. The first-order valence-corrected chi connectivity index (χ1v) is 5.69. The summed E-state index contributed by atoms with van der Waals surface area (Å²) in [5.41, 5.74) is 0.681. The van der Waals surface area contributed by atoms with Crippen molar-refractivity contribution < 1.29 is 4.79 Å². The molecule has 4 nitrogen and oxygen atoms in total. The lowest BCUT2D eigenvalue weighted by Gasteiger charge is -2.30. The number of rotatable bonds is 2. The molecule has 0 radical (unpaired) electrons. The highest BCUT2D eigenvalue weighted by Gasteiger charge is 2.22. The maximum Gasteiger partial charge on any atom is 0.251 e. The second-order valence-corrected chi connectivity index (χ2v) is 4.29. The Morgan fingerprint density at radius 3 is 2.94 bits per heavy atom. The molecule has 16 heavy (non-hydrogen) atoms. The summed E-state index contributed by atoms with van der Waals surface area (Å²) in [6.07, 6.45) is 4.28. The van der Waals surface area contributed by atoms with Gasteiger partial charge in [-0.05, 0) is 37.6 Å². The third-order valence-electron chi connectivity index (χ3n) is 3.04. The van der Waals surface area contributed by atoms with Gasteiger partial charge < -0.3 is 10.6 Å². The van der Waals surface area contributed by atoms with Crippen molar-refractivity contribution >= 4 is 5.91 Å². The van der Waals surface area contributed by atoms with Gasteiger partial charge in [0.2, 0.25) is 0 Å². The van der Waals surface area contributed by atoms with Gasteiger partial charge in [-0.1, -0.05) is 6.92 Å². The highest BCUT2D eigenvalue weighted by atomic mass is 16.1. The Balaban J connectivity index is 1.96. The molecule has 0 saturated carbocycles. The number of carbonyl (C=O) groups excluding carboxylic acids is 1. The zero-order valence-corrected chi connectivity index (χ0v) is 9.44. The van der Waals surface area contributed by atoms with Gasteiger partial charge in [0.15, 0.2) is 0 Å². The molecule has 1 saturated heterocycles. The second-order valence-electron chi connectivity index (χ2n) is 4.29. The number of nitrogens with zero attached hydrogens (tertiary/aromatic N) is 1. The largest absolute Gasteiger partial charge is 0.349 e. The van der Waals surface area contributed by atoms with E-state index in [4.69, 9.17) is 0 Å². The monoisotopic (exact) mass is 219 g/mol. The van der Waals surface area contributed by atoms with Crippen LogP contribution in [0.1, 0.15) is 23.7 Å². The minimum absolute atomic E-state index is 0.00106. The Bertz CT molecular complexity index is 353. The summed E-state index contributed by atoms with van der Waals surface area (Å²) in [7, 11) is 0. The number of hydrogen-bond donors (Lipinski definition) is 2. The summed E-state index contributed by atoms with van der Waals surface area (Å²) in [4.78, 5) is 15.8. The molecule has 0 spiro atoms. The third-order valence-corrected chi connectivity index (χ3v) is 3.04. The van der Waals surface area contributed by atoms with E-state index < -0.39 is 0 Å². The summed E-state index contributed by atoms with van der Waals surface area (Å²) in [5, 5.41) is 6.39. The molecule has 1 amide bonds. The van der Waals surface area contributed by atoms with E-state index in [1.807, 2.05) is 0 Å². The molecule has 2 heterocycles. The van der Waals surface area contributed by atoms with Gasteiger partial charge in [-0.25, -0.2) is 0 Å². The molecule has 0 aliphatic carbocycles. The van der Waals surface area contributed by atoms with Crippen LogP contribution in [-0.4, -0.2) is 30.0 Å². The van der Waals surface area contributed by atoms with Crippen LogP contribution >= 0.6 is 0 Å². The van der Waals surface area contributed by atoms with E-state index in [9.17, 15) is 4.79 Å². The van der Waals surface area contributed by atoms with E-state index in [-0.39, 0.29) is 11.9 Å². The van der Waals surface area contributed by atoms with E-state index in [1.165, 1.54) is 0 Å². The van der Waals surface area contributed by atoms with Crippen LogP contribution < -0.4 is 10.6 Å². The Morgan fingerprint density at radius 2 is 2.25 bits per heavy atom. The Kier molecular flexibility index (Phi) is 3.51. The van der Waals surface area contributed by atoms with Crippen LogP contribution in [0.15, 0.2) is 24.5 Å². The van der Waals surface area contributed by atoms with Crippen LogP contribution in [0.25, 0.3) is 0 Å². The Morgan fingerprint density at radius 1 is 1.50 bits per heavy atom. The summed E-state index contributed by atoms with van der Waals surface area (Å²) in [6, 6.07) is 3.75. The predicted octanol–water partition coefficient (Wildman–Crippen LogP) is 0.809. The van der Waals surface area contributed by atoms with Gasteiger partial charge in [0.05, 0.1) is 0 Å². The highest BCUT2D eigenvalue weighted by Crippen LogP contribution is 2.11. The van der Waals surface area contributed by atoms with Gasteiger partial charge in [0.1, 0.15) is 0 Å². The molecule has 2 atom stereocenters. The number of amides is 1. The first kappa shape index (κ1) is 11.1. The van der Waals surface area contributed by atoms with Crippen molar-refractivity contribution in [2.75, 3.05) is 13.1 Å². The van der Waals surface area contributed by atoms with Crippen LogP contribution in [0.4, 0.5) is 0 Å². The molecule has 2 N–H and O–H groups in total. The lowest BCUT2D eigenvalue weighted by molar-refractivity contribution is 0.0914. The molecule has 1 aliphatic heterocycles. The number of carbonyl (C=O) groups is 1. The summed E-state index contributed by atoms with van der Waals surface area (Å²) in [5.74, 6) is 0.487. The van der Waals surface area contributed by atoms with E-state index in [0.717, 1.165) is 19.5 Å². The fourth-order valence-electron chi connectivity index (χ4n) is 1.98. The van der Waals surface area contributed by atoms with Crippen LogP contribution in [0.2, 0.25) is 0 Å². The van der Waals surface area contributed by atoms with E-state index >= 15 is 0 Å². The normalized spacial score (nSPS) is 25.1. The fourth-order valence-corrected chi connectivity index (χ4v) is 1.98. The molecular weight excluding hydrogens is 202 g/mol. The summed E-state index contributed by atoms with van der Waals surface area (Å²) >= 11 is 0. The van der Waals surface area contributed by atoms with Crippen LogP contribution in [0.3, 0.4) is 0 Å². The number of hydrogen-bond acceptors (Lipinski definition) is 3. The molecule has 2 unspecified atom stereocenters. The van der Waals surface area contributed by atoms with E-state index in [2.05, 4.69) is 22.5 Å². The summed E-state index contributed by atoms with van der Waals surface area (Å²) in [6.45, 7) is 4.11. The topological polar surface area (TPSA) is 54.0 Å². The molecule has 0 bridgehead atoms.